The van der Waals surface area contributed by atoms with Gasteiger partial charge in [0.2, 0.25) is 5.91 Å². The van der Waals surface area contributed by atoms with Crippen molar-refractivity contribution in [2.45, 2.75) is 58.9 Å². The van der Waals surface area contributed by atoms with Gasteiger partial charge in [0.05, 0.1) is 17.8 Å². The van der Waals surface area contributed by atoms with Crippen LogP contribution in [0.15, 0.2) is 29.1 Å². The molecule has 1 atom stereocenters. The SMILES string of the molecule is Cc1sc2nc(C(C)C)n(C3CCCN(C(=O)Cc4ccc(F)cc4)C3)c(=O)c2c1C. The second kappa shape index (κ2) is 8.54. The monoisotopic (exact) mass is 441 g/mol. The lowest BCUT2D eigenvalue weighted by Gasteiger charge is -2.35. The van der Waals surface area contributed by atoms with Crippen LogP contribution in [0.5, 0.6) is 0 Å². The summed E-state index contributed by atoms with van der Waals surface area (Å²) in [6.45, 7) is 9.28. The Morgan fingerprint density at radius 3 is 2.65 bits per heavy atom. The molecule has 1 fully saturated rings. The number of nitrogens with zero attached hydrogens (tertiary/aromatic N) is 3. The number of carbonyl (C=O) groups excluding carboxylic acids is 1. The Bertz CT molecular complexity index is 1180. The molecule has 0 spiro atoms. The van der Waals surface area contributed by atoms with E-state index in [1.807, 2.05) is 23.3 Å². The molecular weight excluding hydrogens is 413 g/mol. The Morgan fingerprint density at radius 1 is 1.26 bits per heavy atom. The predicted molar refractivity (Wildman–Crippen MR) is 122 cm³/mol. The van der Waals surface area contributed by atoms with Gasteiger partial charge >= 0.3 is 0 Å². The van der Waals surface area contributed by atoms with Gasteiger partial charge in [-0.25, -0.2) is 9.37 Å². The van der Waals surface area contributed by atoms with Crippen LogP contribution < -0.4 is 5.56 Å². The molecule has 3 heterocycles. The first-order valence-electron chi connectivity index (χ1n) is 10.8. The fourth-order valence-corrected chi connectivity index (χ4v) is 5.39. The van der Waals surface area contributed by atoms with Gasteiger partial charge in [0, 0.05) is 23.9 Å². The van der Waals surface area contributed by atoms with Crippen LogP contribution in [-0.2, 0) is 11.2 Å². The number of aryl methyl sites for hydroxylation is 2. The van der Waals surface area contributed by atoms with Gasteiger partial charge in [-0.05, 0) is 49.9 Å². The van der Waals surface area contributed by atoms with Crippen molar-refractivity contribution < 1.29 is 9.18 Å². The van der Waals surface area contributed by atoms with Gasteiger partial charge in [-0.1, -0.05) is 26.0 Å². The van der Waals surface area contributed by atoms with Crippen LogP contribution in [0.1, 0.15) is 60.5 Å². The molecule has 1 aliphatic rings. The number of carbonyl (C=O) groups is 1. The number of likely N-dealkylation sites (tertiary alicyclic amines) is 1. The van der Waals surface area contributed by atoms with Crippen LogP contribution in [0.3, 0.4) is 0 Å². The summed E-state index contributed by atoms with van der Waals surface area (Å²) in [5.41, 5.74) is 1.80. The summed E-state index contributed by atoms with van der Waals surface area (Å²) in [5, 5.41) is 0.710. The number of fused-ring (bicyclic) bond motifs is 1. The summed E-state index contributed by atoms with van der Waals surface area (Å²) in [5.74, 6) is 0.588. The number of hydrogen-bond donors (Lipinski definition) is 0. The number of rotatable bonds is 4. The van der Waals surface area contributed by atoms with Crippen LogP contribution in [0, 0.1) is 19.7 Å². The standard InChI is InChI=1S/C24H28FN3O2S/c1-14(2)22-26-23-21(15(3)16(4)31-23)24(30)28(22)19-6-5-11-27(13-19)20(29)12-17-7-9-18(25)10-8-17/h7-10,14,19H,5-6,11-13H2,1-4H3. The number of thiophene rings is 1. The Morgan fingerprint density at radius 2 is 1.97 bits per heavy atom. The molecule has 1 saturated heterocycles. The van der Waals surface area contributed by atoms with Crippen molar-refractivity contribution in [3.8, 4) is 0 Å². The Labute approximate surface area is 185 Å². The van der Waals surface area contributed by atoms with Crippen LogP contribution in [0.4, 0.5) is 4.39 Å². The number of piperidine rings is 1. The molecular formula is C24H28FN3O2S. The van der Waals surface area contributed by atoms with Gasteiger partial charge in [0.25, 0.3) is 5.56 Å². The Kier molecular flexibility index (Phi) is 5.97. The van der Waals surface area contributed by atoms with E-state index in [1.165, 1.54) is 12.1 Å². The third-order valence-corrected chi connectivity index (χ3v) is 7.26. The maximum absolute atomic E-state index is 13.6. The molecule has 1 unspecified atom stereocenters. The lowest BCUT2D eigenvalue weighted by molar-refractivity contribution is -0.132. The van der Waals surface area contributed by atoms with E-state index in [-0.39, 0.29) is 35.7 Å². The van der Waals surface area contributed by atoms with Gasteiger partial charge in [-0.3, -0.25) is 14.2 Å². The molecule has 31 heavy (non-hydrogen) atoms. The third-order valence-electron chi connectivity index (χ3n) is 6.16. The third kappa shape index (κ3) is 4.15. The van der Waals surface area contributed by atoms with Crippen molar-refractivity contribution in [2.24, 2.45) is 0 Å². The average Bonchev–Trinajstić information content (AvgIpc) is 3.03. The summed E-state index contributed by atoms with van der Waals surface area (Å²) < 4.78 is 15.0. The van der Waals surface area contributed by atoms with Crippen molar-refractivity contribution in [1.82, 2.24) is 14.5 Å². The van der Waals surface area contributed by atoms with Crippen molar-refractivity contribution in [3.05, 3.63) is 62.3 Å². The van der Waals surface area contributed by atoms with E-state index in [9.17, 15) is 14.0 Å². The fraction of sp³-hybridized carbons (Fsp3) is 0.458. The first-order valence-corrected chi connectivity index (χ1v) is 11.6. The topological polar surface area (TPSA) is 55.2 Å². The largest absolute Gasteiger partial charge is 0.340 e. The zero-order valence-corrected chi connectivity index (χ0v) is 19.3. The van der Waals surface area contributed by atoms with Gasteiger partial charge in [0.15, 0.2) is 0 Å². The molecule has 164 valence electrons. The number of hydrogen-bond acceptors (Lipinski definition) is 4. The second-order valence-corrected chi connectivity index (χ2v) is 9.91. The normalized spacial score (nSPS) is 17.0. The van der Waals surface area contributed by atoms with Crippen molar-refractivity contribution in [2.75, 3.05) is 13.1 Å². The first-order chi connectivity index (χ1) is 14.8. The summed E-state index contributed by atoms with van der Waals surface area (Å²) in [6.07, 6.45) is 1.91. The molecule has 0 radical (unpaired) electrons. The summed E-state index contributed by atoms with van der Waals surface area (Å²) >= 11 is 1.57. The smallest absolute Gasteiger partial charge is 0.262 e. The maximum atomic E-state index is 13.6. The van der Waals surface area contributed by atoms with Crippen LogP contribution in [-0.4, -0.2) is 33.4 Å². The molecule has 5 nitrogen and oxygen atoms in total. The highest BCUT2D eigenvalue weighted by molar-refractivity contribution is 7.18. The zero-order valence-electron chi connectivity index (χ0n) is 18.4. The van der Waals surface area contributed by atoms with Crippen molar-refractivity contribution in [3.63, 3.8) is 0 Å². The van der Waals surface area contributed by atoms with Crippen molar-refractivity contribution in [1.29, 1.82) is 0 Å². The lowest BCUT2D eigenvalue weighted by Crippen LogP contribution is -2.44. The maximum Gasteiger partial charge on any atom is 0.262 e. The Hall–Kier alpha value is -2.54. The highest BCUT2D eigenvalue weighted by Crippen LogP contribution is 2.30. The minimum absolute atomic E-state index is 0.00653. The molecule has 0 bridgehead atoms. The van der Waals surface area contributed by atoms with E-state index in [4.69, 9.17) is 4.98 Å². The summed E-state index contributed by atoms with van der Waals surface area (Å²) in [6, 6.07) is 5.96. The highest BCUT2D eigenvalue weighted by Gasteiger charge is 2.29. The molecule has 0 N–H and O–H groups in total. The van der Waals surface area contributed by atoms with Crippen LogP contribution in [0.25, 0.3) is 10.2 Å². The van der Waals surface area contributed by atoms with Gasteiger partial charge in [0.1, 0.15) is 16.5 Å². The first kappa shape index (κ1) is 21.7. The minimum atomic E-state index is -0.309. The quantitative estimate of drug-likeness (QED) is 0.587. The van der Waals surface area contributed by atoms with E-state index in [0.29, 0.717) is 18.5 Å². The van der Waals surface area contributed by atoms with E-state index < -0.39 is 0 Å². The van der Waals surface area contributed by atoms with Crippen LogP contribution >= 0.6 is 11.3 Å². The van der Waals surface area contributed by atoms with E-state index in [0.717, 1.165) is 39.5 Å². The number of amides is 1. The zero-order chi connectivity index (χ0) is 22.3. The summed E-state index contributed by atoms with van der Waals surface area (Å²) in [4.78, 5) is 35.2. The molecule has 1 amide bonds. The number of aromatic nitrogens is 2. The molecule has 7 heteroatoms. The minimum Gasteiger partial charge on any atom is -0.340 e. The van der Waals surface area contributed by atoms with Gasteiger partial charge < -0.3 is 4.90 Å². The predicted octanol–water partition coefficient (Wildman–Crippen LogP) is 4.74. The molecule has 1 aromatic carbocycles. The van der Waals surface area contributed by atoms with Gasteiger partial charge in [-0.15, -0.1) is 11.3 Å². The summed E-state index contributed by atoms with van der Waals surface area (Å²) in [7, 11) is 0. The molecule has 4 rings (SSSR count). The van der Waals surface area contributed by atoms with E-state index >= 15 is 0 Å². The fourth-order valence-electron chi connectivity index (χ4n) is 4.36. The van der Waals surface area contributed by atoms with Crippen molar-refractivity contribution >= 4 is 27.5 Å². The second-order valence-electron chi connectivity index (χ2n) is 8.70. The van der Waals surface area contributed by atoms with Gasteiger partial charge in [-0.2, -0.15) is 0 Å². The van der Waals surface area contributed by atoms with E-state index in [2.05, 4.69) is 13.8 Å². The number of halogens is 1. The number of benzene rings is 1. The molecule has 0 saturated carbocycles. The molecule has 0 aliphatic carbocycles. The molecule has 2 aromatic heterocycles. The highest BCUT2D eigenvalue weighted by atomic mass is 32.1. The van der Waals surface area contributed by atoms with Crippen LogP contribution in [0.2, 0.25) is 0 Å². The van der Waals surface area contributed by atoms with E-state index in [1.54, 1.807) is 23.5 Å². The lowest BCUT2D eigenvalue weighted by atomic mass is 10.0. The molecule has 3 aromatic rings. The average molecular weight is 442 g/mol. The Balaban J connectivity index is 1.66. The molecule has 1 aliphatic heterocycles.